The molecule has 5 nitrogen and oxygen atoms in total. The SMILES string of the molecule is CN(C)C(=O)Cc1cn[nH]n1. The molecule has 0 unspecified atom stereocenters. The van der Waals surface area contributed by atoms with Crippen LogP contribution in [0.2, 0.25) is 0 Å². The zero-order chi connectivity index (χ0) is 8.27. The lowest BCUT2D eigenvalue weighted by Crippen LogP contribution is -2.23. The minimum atomic E-state index is 0.0268. The van der Waals surface area contributed by atoms with Crippen LogP contribution in [0.4, 0.5) is 0 Å². The van der Waals surface area contributed by atoms with Gasteiger partial charge in [-0.25, -0.2) is 0 Å². The first kappa shape index (κ1) is 7.71. The Morgan fingerprint density at radius 1 is 1.73 bits per heavy atom. The van der Waals surface area contributed by atoms with E-state index in [1.807, 2.05) is 0 Å². The highest BCUT2D eigenvalue weighted by atomic mass is 16.2. The van der Waals surface area contributed by atoms with Gasteiger partial charge in [0.2, 0.25) is 5.91 Å². The largest absolute Gasteiger partial charge is 0.348 e. The zero-order valence-corrected chi connectivity index (χ0v) is 6.53. The van der Waals surface area contributed by atoms with Gasteiger partial charge in [-0.05, 0) is 0 Å². The van der Waals surface area contributed by atoms with Crippen LogP contribution in [0, 0.1) is 0 Å². The standard InChI is InChI=1S/C6H10N4O/c1-10(2)6(11)3-5-4-7-9-8-5/h4H,3H2,1-2H3,(H,7,8,9). The zero-order valence-electron chi connectivity index (χ0n) is 6.53. The van der Waals surface area contributed by atoms with E-state index in [2.05, 4.69) is 15.4 Å². The molecule has 0 fully saturated rings. The number of aromatic nitrogens is 3. The molecule has 0 saturated carbocycles. The van der Waals surface area contributed by atoms with Crippen LogP contribution in [0.5, 0.6) is 0 Å². The van der Waals surface area contributed by atoms with E-state index in [0.29, 0.717) is 12.1 Å². The van der Waals surface area contributed by atoms with Crippen LogP contribution in [0.3, 0.4) is 0 Å². The minimum Gasteiger partial charge on any atom is -0.348 e. The Morgan fingerprint density at radius 3 is 2.91 bits per heavy atom. The van der Waals surface area contributed by atoms with Crippen LogP contribution in [-0.2, 0) is 11.2 Å². The Hall–Kier alpha value is -1.39. The van der Waals surface area contributed by atoms with Crippen molar-refractivity contribution in [3.05, 3.63) is 11.9 Å². The highest BCUT2D eigenvalue weighted by Gasteiger charge is 2.06. The van der Waals surface area contributed by atoms with Gasteiger partial charge in [0.15, 0.2) is 0 Å². The quantitative estimate of drug-likeness (QED) is 0.620. The number of likely N-dealkylation sites (N-methyl/N-ethyl adjacent to an activating group) is 1. The van der Waals surface area contributed by atoms with Crippen LogP contribution >= 0.6 is 0 Å². The fourth-order valence-electron chi connectivity index (χ4n) is 0.624. The second-order valence-electron chi connectivity index (χ2n) is 2.43. The fraction of sp³-hybridized carbons (Fsp3) is 0.500. The van der Waals surface area contributed by atoms with Gasteiger partial charge in [0.25, 0.3) is 0 Å². The molecule has 0 aromatic carbocycles. The van der Waals surface area contributed by atoms with E-state index in [4.69, 9.17) is 0 Å². The van der Waals surface area contributed by atoms with E-state index < -0.39 is 0 Å². The van der Waals surface area contributed by atoms with E-state index >= 15 is 0 Å². The summed E-state index contributed by atoms with van der Waals surface area (Å²) >= 11 is 0. The van der Waals surface area contributed by atoms with Gasteiger partial charge in [-0.15, -0.1) is 0 Å². The number of nitrogens with zero attached hydrogens (tertiary/aromatic N) is 3. The van der Waals surface area contributed by atoms with Crippen molar-refractivity contribution in [3.63, 3.8) is 0 Å². The Balaban J connectivity index is 2.50. The number of carbonyl (C=O) groups is 1. The normalized spacial score (nSPS) is 9.64. The van der Waals surface area contributed by atoms with Crippen LogP contribution in [-0.4, -0.2) is 40.3 Å². The summed E-state index contributed by atoms with van der Waals surface area (Å²) in [6.07, 6.45) is 1.85. The third kappa shape index (κ3) is 2.03. The van der Waals surface area contributed by atoms with Gasteiger partial charge >= 0.3 is 0 Å². The smallest absolute Gasteiger partial charge is 0.228 e. The van der Waals surface area contributed by atoms with Crippen molar-refractivity contribution >= 4 is 5.91 Å². The molecule has 1 rings (SSSR count). The van der Waals surface area contributed by atoms with Crippen molar-refractivity contribution < 1.29 is 4.79 Å². The third-order valence-corrected chi connectivity index (χ3v) is 1.30. The lowest BCUT2D eigenvalue weighted by atomic mass is 10.3. The predicted molar refractivity (Wildman–Crippen MR) is 38.8 cm³/mol. The molecule has 5 heteroatoms. The van der Waals surface area contributed by atoms with Crippen LogP contribution < -0.4 is 0 Å². The highest BCUT2D eigenvalue weighted by molar-refractivity contribution is 5.77. The topological polar surface area (TPSA) is 61.9 Å². The number of rotatable bonds is 2. The second-order valence-corrected chi connectivity index (χ2v) is 2.43. The molecule has 0 atom stereocenters. The molecule has 1 aromatic rings. The molecular formula is C6H10N4O. The lowest BCUT2D eigenvalue weighted by Gasteiger charge is -2.07. The Morgan fingerprint density at radius 2 is 2.45 bits per heavy atom. The second kappa shape index (κ2) is 3.14. The van der Waals surface area contributed by atoms with Gasteiger partial charge in [0, 0.05) is 14.1 Å². The van der Waals surface area contributed by atoms with Gasteiger partial charge in [-0.3, -0.25) is 4.79 Å². The summed E-state index contributed by atoms with van der Waals surface area (Å²) in [7, 11) is 3.42. The van der Waals surface area contributed by atoms with Crippen LogP contribution in [0.15, 0.2) is 6.20 Å². The summed E-state index contributed by atoms with van der Waals surface area (Å²) in [5.74, 6) is 0.0268. The van der Waals surface area contributed by atoms with Gasteiger partial charge < -0.3 is 4.90 Å². The minimum absolute atomic E-state index is 0.0268. The van der Waals surface area contributed by atoms with Crippen molar-refractivity contribution in [2.75, 3.05) is 14.1 Å². The maximum atomic E-state index is 11.1. The molecule has 0 bridgehead atoms. The number of H-pyrrole nitrogens is 1. The van der Waals surface area contributed by atoms with Crippen LogP contribution in [0.1, 0.15) is 5.69 Å². The van der Waals surface area contributed by atoms with Crippen molar-refractivity contribution in [1.82, 2.24) is 20.3 Å². The van der Waals surface area contributed by atoms with Gasteiger partial charge in [0.1, 0.15) is 0 Å². The molecule has 0 saturated heterocycles. The maximum absolute atomic E-state index is 11.1. The number of aromatic amines is 1. The molecule has 1 heterocycles. The van der Waals surface area contributed by atoms with E-state index in [1.54, 1.807) is 20.3 Å². The summed E-state index contributed by atoms with van der Waals surface area (Å²) in [4.78, 5) is 12.6. The fourth-order valence-corrected chi connectivity index (χ4v) is 0.624. The van der Waals surface area contributed by atoms with E-state index in [0.717, 1.165) is 0 Å². The van der Waals surface area contributed by atoms with Crippen molar-refractivity contribution in [3.8, 4) is 0 Å². The summed E-state index contributed by atoms with van der Waals surface area (Å²) < 4.78 is 0. The van der Waals surface area contributed by atoms with Gasteiger partial charge in [0.05, 0.1) is 18.3 Å². The molecule has 0 aliphatic rings. The number of amides is 1. The molecule has 0 aliphatic heterocycles. The monoisotopic (exact) mass is 154 g/mol. The van der Waals surface area contributed by atoms with Crippen molar-refractivity contribution in [1.29, 1.82) is 0 Å². The molecular weight excluding hydrogens is 144 g/mol. The number of hydrogen-bond acceptors (Lipinski definition) is 3. The van der Waals surface area contributed by atoms with E-state index in [1.165, 1.54) is 4.90 Å². The predicted octanol–water partition coefficient (Wildman–Crippen LogP) is -0.565. The molecule has 11 heavy (non-hydrogen) atoms. The molecule has 1 aromatic heterocycles. The Kier molecular flexibility index (Phi) is 2.20. The molecule has 0 radical (unpaired) electrons. The van der Waals surface area contributed by atoms with Crippen molar-refractivity contribution in [2.45, 2.75) is 6.42 Å². The van der Waals surface area contributed by atoms with Crippen molar-refractivity contribution in [2.24, 2.45) is 0 Å². The Bertz CT molecular complexity index is 229. The number of nitrogens with one attached hydrogen (secondary N) is 1. The first-order valence-electron chi connectivity index (χ1n) is 3.25. The summed E-state index contributed by atoms with van der Waals surface area (Å²) in [5.41, 5.74) is 0.670. The van der Waals surface area contributed by atoms with Gasteiger partial charge in [-0.1, -0.05) is 0 Å². The Labute approximate surface area is 64.4 Å². The maximum Gasteiger partial charge on any atom is 0.228 e. The molecule has 1 N–H and O–H groups in total. The molecule has 1 amide bonds. The number of hydrogen-bond donors (Lipinski definition) is 1. The average Bonchev–Trinajstić information content (AvgIpc) is 2.39. The van der Waals surface area contributed by atoms with E-state index in [9.17, 15) is 4.79 Å². The van der Waals surface area contributed by atoms with Gasteiger partial charge in [-0.2, -0.15) is 15.4 Å². The first-order valence-corrected chi connectivity index (χ1v) is 3.25. The van der Waals surface area contributed by atoms with E-state index in [-0.39, 0.29) is 5.91 Å². The lowest BCUT2D eigenvalue weighted by molar-refractivity contribution is -0.128. The highest BCUT2D eigenvalue weighted by Crippen LogP contribution is 1.92. The summed E-state index contributed by atoms with van der Waals surface area (Å²) in [5, 5.41) is 9.79. The molecule has 60 valence electrons. The van der Waals surface area contributed by atoms with Crippen LogP contribution in [0.25, 0.3) is 0 Å². The number of carbonyl (C=O) groups excluding carboxylic acids is 1. The summed E-state index contributed by atoms with van der Waals surface area (Å²) in [6.45, 7) is 0. The average molecular weight is 154 g/mol. The molecule has 0 spiro atoms. The molecule has 0 aliphatic carbocycles. The summed E-state index contributed by atoms with van der Waals surface area (Å²) in [6, 6.07) is 0. The first-order chi connectivity index (χ1) is 5.20. The third-order valence-electron chi connectivity index (χ3n) is 1.30.